The molecular formula is C14H19BrClNO. The zero-order valence-electron chi connectivity index (χ0n) is 10.3. The molecule has 4 heteroatoms. The Labute approximate surface area is 122 Å². The second-order valence-corrected chi connectivity index (χ2v) is 6.49. The molecule has 1 atom stereocenters. The molecule has 1 aromatic rings. The van der Waals surface area contributed by atoms with Crippen molar-refractivity contribution in [2.24, 2.45) is 11.1 Å². The van der Waals surface area contributed by atoms with Gasteiger partial charge < -0.3 is 10.8 Å². The zero-order chi connectivity index (χ0) is 13.2. The first kappa shape index (κ1) is 14.3. The van der Waals surface area contributed by atoms with Gasteiger partial charge in [0.15, 0.2) is 0 Å². The van der Waals surface area contributed by atoms with Crippen molar-refractivity contribution in [1.82, 2.24) is 0 Å². The van der Waals surface area contributed by atoms with Gasteiger partial charge in [0.05, 0.1) is 6.10 Å². The Morgan fingerprint density at radius 1 is 1.33 bits per heavy atom. The number of hydrogen-bond donors (Lipinski definition) is 2. The Morgan fingerprint density at radius 2 is 2.00 bits per heavy atom. The van der Waals surface area contributed by atoms with Gasteiger partial charge >= 0.3 is 0 Å². The third kappa shape index (κ3) is 2.74. The van der Waals surface area contributed by atoms with Crippen LogP contribution in [0.3, 0.4) is 0 Å². The van der Waals surface area contributed by atoms with Crippen molar-refractivity contribution in [2.45, 2.75) is 38.2 Å². The molecule has 0 radical (unpaired) electrons. The van der Waals surface area contributed by atoms with Gasteiger partial charge in [-0.3, -0.25) is 0 Å². The lowest BCUT2D eigenvalue weighted by Gasteiger charge is -2.40. The van der Waals surface area contributed by atoms with Crippen molar-refractivity contribution in [1.29, 1.82) is 0 Å². The lowest BCUT2D eigenvalue weighted by atomic mass is 9.68. The number of hydrogen-bond acceptors (Lipinski definition) is 2. The van der Waals surface area contributed by atoms with Crippen molar-refractivity contribution < 1.29 is 5.11 Å². The molecule has 0 aromatic heterocycles. The molecule has 1 aliphatic rings. The van der Waals surface area contributed by atoms with Crippen molar-refractivity contribution in [3.63, 3.8) is 0 Å². The summed E-state index contributed by atoms with van der Waals surface area (Å²) in [6.45, 7) is 0.521. The number of aliphatic hydroxyl groups excluding tert-OH is 1. The van der Waals surface area contributed by atoms with E-state index in [2.05, 4.69) is 15.9 Å². The lowest BCUT2D eigenvalue weighted by Crippen LogP contribution is -2.38. The molecule has 1 unspecified atom stereocenters. The Bertz CT molecular complexity index is 418. The summed E-state index contributed by atoms with van der Waals surface area (Å²) < 4.78 is 0.901. The molecule has 0 bridgehead atoms. The van der Waals surface area contributed by atoms with Crippen LogP contribution in [0.1, 0.15) is 43.8 Å². The first-order valence-corrected chi connectivity index (χ1v) is 7.59. The van der Waals surface area contributed by atoms with Crippen LogP contribution in [0.5, 0.6) is 0 Å². The summed E-state index contributed by atoms with van der Waals surface area (Å²) in [4.78, 5) is 0. The average Bonchev–Trinajstić information content (AvgIpc) is 2.41. The van der Waals surface area contributed by atoms with Crippen LogP contribution in [-0.4, -0.2) is 11.7 Å². The van der Waals surface area contributed by atoms with E-state index in [-0.39, 0.29) is 5.41 Å². The molecule has 1 aliphatic carbocycles. The molecule has 0 amide bonds. The van der Waals surface area contributed by atoms with Gasteiger partial charge in [0.1, 0.15) is 0 Å². The molecule has 1 aromatic carbocycles. The van der Waals surface area contributed by atoms with E-state index in [4.69, 9.17) is 17.3 Å². The van der Waals surface area contributed by atoms with Crippen molar-refractivity contribution in [3.05, 3.63) is 33.3 Å². The smallest absolute Gasteiger partial charge is 0.0869 e. The van der Waals surface area contributed by atoms with E-state index in [0.29, 0.717) is 11.6 Å². The summed E-state index contributed by atoms with van der Waals surface area (Å²) in [5.41, 5.74) is 6.62. The molecule has 3 N–H and O–H groups in total. The minimum absolute atomic E-state index is 0.189. The molecule has 0 spiro atoms. The van der Waals surface area contributed by atoms with Crippen LogP contribution in [-0.2, 0) is 0 Å². The van der Waals surface area contributed by atoms with Gasteiger partial charge in [-0.15, -0.1) is 0 Å². The highest BCUT2D eigenvalue weighted by molar-refractivity contribution is 9.10. The van der Waals surface area contributed by atoms with E-state index >= 15 is 0 Å². The lowest BCUT2D eigenvalue weighted by molar-refractivity contribution is 0.000238. The van der Waals surface area contributed by atoms with Crippen LogP contribution < -0.4 is 5.73 Å². The van der Waals surface area contributed by atoms with E-state index < -0.39 is 6.10 Å². The Morgan fingerprint density at radius 3 is 2.61 bits per heavy atom. The zero-order valence-corrected chi connectivity index (χ0v) is 12.7. The number of halogens is 2. The van der Waals surface area contributed by atoms with E-state index in [1.54, 1.807) is 0 Å². The van der Waals surface area contributed by atoms with Crippen LogP contribution >= 0.6 is 27.5 Å². The minimum Gasteiger partial charge on any atom is -0.388 e. The van der Waals surface area contributed by atoms with E-state index in [9.17, 15) is 5.11 Å². The summed E-state index contributed by atoms with van der Waals surface area (Å²) in [6, 6.07) is 5.54. The van der Waals surface area contributed by atoms with Gasteiger partial charge in [-0.1, -0.05) is 46.8 Å². The maximum atomic E-state index is 10.7. The predicted octanol–water partition coefficient (Wildman–Crippen LogP) is 4.05. The quantitative estimate of drug-likeness (QED) is 0.877. The Hall–Kier alpha value is -0.0900. The predicted molar refractivity (Wildman–Crippen MR) is 78.7 cm³/mol. The number of benzene rings is 1. The van der Waals surface area contributed by atoms with Crippen LogP contribution in [0.4, 0.5) is 0 Å². The van der Waals surface area contributed by atoms with Crippen LogP contribution in [0.2, 0.25) is 5.02 Å². The normalized spacial score (nSPS) is 20.7. The summed E-state index contributed by atoms with van der Waals surface area (Å²) in [6.07, 6.45) is 4.97. The maximum absolute atomic E-state index is 10.7. The van der Waals surface area contributed by atoms with E-state index in [1.807, 2.05) is 18.2 Å². The SMILES string of the molecule is NCC1(C(O)c2cc(Cl)ccc2Br)CCCCC1. The molecule has 2 nitrogen and oxygen atoms in total. The second kappa shape index (κ2) is 5.91. The van der Waals surface area contributed by atoms with Crippen molar-refractivity contribution in [2.75, 3.05) is 6.54 Å². The van der Waals surface area contributed by atoms with Crippen LogP contribution in [0.25, 0.3) is 0 Å². The summed E-state index contributed by atoms with van der Waals surface area (Å²) in [5.74, 6) is 0. The van der Waals surface area contributed by atoms with Crippen LogP contribution in [0.15, 0.2) is 22.7 Å². The minimum atomic E-state index is -0.545. The Kier molecular flexibility index (Phi) is 4.70. The topological polar surface area (TPSA) is 46.2 Å². The molecule has 18 heavy (non-hydrogen) atoms. The van der Waals surface area contributed by atoms with Gasteiger partial charge in [0.2, 0.25) is 0 Å². The van der Waals surface area contributed by atoms with Crippen molar-refractivity contribution >= 4 is 27.5 Å². The van der Waals surface area contributed by atoms with Crippen LogP contribution in [0, 0.1) is 5.41 Å². The molecule has 100 valence electrons. The summed E-state index contributed by atoms with van der Waals surface area (Å²) >= 11 is 9.52. The monoisotopic (exact) mass is 331 g/mol. The van der Waals surface area contributed by atoms with Gasteiger partial charge in [-0.2, -0.15) is 0 Å². The summed E-state index contributed by atoms with van der Waals surface area (Å²) in [5, 5.41) is 11.4. The fourth-order valence-corrected chi connectivity index (χ4v) is 3.54. The highest BCUT2D eigenvalue weighted by Gasteiger charge is 2.39. The number of aliphatic hydroxyl groups is 1. The molecule has 0 saturated heterocycles. The molecule has 1 saturated carbocycles. The van der Waals surface area contributed by atoms with Gasteiger partial charge in [0.25, 0.3) is 0 Å². The highest BCUT2D eigenvalue weighted by Crippen LogP contribution is 2.47. The first-order valence-electron chi connectivity index (χ1n) is 6.42. The fraction of sp³-hybridized carbons (Fsp3) is 0.571. The first-order chi connectivity index (χ1) is 8.59. The maximum Gasteiger partial charge on any atom is 0.0869 e. The number of nitrogens with two attached hydrogens (primary N) is 1. The van der Waals surface area contributed by atoms with E-state index in [0.717, 1.165) is 35.7 Å². The highest BCUT2D eigenvalue weighted by atomic mass is 79.9. The number of rotatable bonds is 3. The van der Waals surface area contributed by atoms with E-state index in [1.165, 1.54) is 6.42 Å². The largest absolute Gasteiger partial charge is 0.388 e. The molecule has 0 aliphatic heterocycles. The second-order valence-electron chi connectivity index (χ2n) is 5.20. The van der Waals surface area contributed by atoms with Gasteiger partial charge in [0, 0.05) is 21.5 Å². The van der Waals surface area contributed by atoms with Crippen molar-refractivity contribution in [3.8, 4) is 0 Å². The molecular weight excluding hydrogens is 314 g/mol. The average molecular weight is 333 g/mol. The Balaban J connectivity index is 2.33. The third-order valence-corrected chi connectivity index (χ3v) is 5.05. The molecule has 2 rings (SSSR count). The third-order valence-electron chi connectivity index (χ3n) is 4.09. The fourth-order valence-electron chi connectivity index (χ4n) is 2.90. The van der Waals surface area contributed by atoms with Gasteiger partial charge in [-0.05, 0) is 36.6 Å². The molecule has 1 fully saturated rings. The van der Waals surface area contributed by atoms with Gasteiger partial charge in [-0.25, -0.2) is 0 Å². The standard InChI is InChI=1S/C14H19BrClNO/c15-12-5-4-10(16)8-11(12)13(18)14(9-17)6-2-1-3-7-14/h4-5,8,13,18H,1-3,6-7,9,17H2. The summed E-state index contributed by atoms with van der Waals surface area (Å²) in [7, 11) is 0. The molecule has 0 heterocycles.